The van der Waals surface area contributed by atoms with Gasteiger partial charge in [-0.2, -0.15) is 0 Å². The Morgan fingerprint density at radius 3 is 2.44 bits per heavy atom. The Bertz CT molecular complexity index is 189. The van der Waals surface area contributed by atoms with E-state index in [-0.39, 0.29) is 6.29 Å². The van der Waals surface area contributed by atoms with Crippen molar-refractivity contribution in [3.8, 4) is 0 Å². The molecule has 0 aromatic heterocycles. The molecule has 0 radical (unpaired) electrons. The van der Waals surface area contributed by atoms with Crippen molar-refractivity contribution < 1.29 is 9.47 Å². The van der Waals surface area contributed by atoms with E-state index in [9.17, 15) is 0 Å². The summed E-state index contributed by atoms with van der Waals surface area (Å²) in [5.74, 6) is 1.90. The van der Waals surface area contributed by atoms with Crippen molar-refractivity contribution in [1.82, 2.24) is 0 Å². The molecule has 0 aromatic carbocycles. The second-order valence-corrected chi connectivity index (χ2v) is 5.99. The molecular weight excluding hydrogens is 200 g/mol. The molecule has 0 aliphatic carbocycles. The van der Waals surface area contributed by atoms with Crippen molar-refractivity contribution in [2.75, 3.05) is 6.61 Å². The van der Waals surface area contributed by atoms with Crippen LogP contribution in [-0.4, -0.2) is 19.0 Å². The first-order valence-electron chi connectivity index (χ1n) is 6.76. The maximum atomic E-state index is 6.07. The summed E-state index contributed by atoms with van der Waals surface area (Å²) in [5, 5.41) is 0. The van der Waals surface area contributed by atoms with Gasteiger partial charge >= 0.3 is 0 Å². The van der Waals surface area contributed by atoms with E-state index in [4.69, 9.17) is 9.47 Å². The van der Waals surface area contributed by atoms with Crippen molar-refractivity contribution in [1.29, 1.82) is 0 Å². The summed E-state index contributed by atoms with van der Waals surface area (Å²) in [6, 6.07) is 0. The summed E-state index contributed by atoms with van der Waals surface area (Å²) >= 11 is 0. The molecule has 16 heavy (non-hydrogen) atoms. The molecule has 96 valence electrons. The summed E-state index contributed by atoms with van der Waals surface area (Å²) in [6.45, 7) is 11.9. The van der Waals surface area contributed by atoms with Crippen molar-refractivity contribution in [3.63, 3.8) is 0 Å². The van der Waals surface area contributed by atoms with Crippen LogP contribution in [0.1, 0.15) is 53.9 Å². The van der Waals surface area contributed by atoms with E-state index in [0.717, 1.165) is 18.9 Å². The van der Waals surface area contributed by atoms with Crippen LogP contribution in [0.4, 0.5) is 0 Å². The smallest absolute Gasteiger partial charge is 0.158 e. The molecule has 1 fully saturated rings. The van der Waals surface area contributed by atoms with Gasteiger partial charge in [-0.15, -0.1) is 0 Å². The van der Waals surface area contributed by atoms with Crippen molar-refractivity contribution in [2.45, 2.75) is 66.3 Å². The zero-order chi connectivity index (χ0) is 12.1. The number of rotatable bonds is 4. The Labute approximate surface area is 101 Å². The van der Waals surface area contributed by atoms with Gasteiger partial charge in [0, 0.05) is 6.42 Å². The first-order valence-corrected chi connectivity index (χ1v) is 6.76. The van der Waals surface area contributed by atoms with Crippen LogP contribution in [-0.2, 0) is 9.47 Å². The predicted molar refractivity (Wildman–Crippen MR) is 67.3 cm³/mol. The van der Waals surface area contributed by atoms with Gasteiger partial charge in [0.1, 0.15) is 0 Å². The molecule has 1 heterocycles. The van der Waals surface area contributed by atoms with Crippen LogP contribution >= 0.6 is 0 Å². The number of hydrogen-bond acceptors (Lipinski definition) is 2. The van der Waals surface area contributed by atoms with Gasteiger partial charge in [0.05, 0.1) is 12.7 Å². The van der Waals surface area contributed by atoms with Gasteiger partial charge in [-0.3, -0.25) is 0 Å². The highest BCUT2D eigenvalue weighted by atomic mass is 16.7. The minimum absolute atomic E-state index is 0.0206. The number of hydrogen-bond donors (Lipinski definition) is 0. The monoisotopic (exact) mass is 228 g/mol. The molecule has 2 heteroatoms. The lowest BCUT2D eigenvalue weighted by atomic mass is 9.97. The maximum Gasteiger partial charge on any atom is 0.158 e. The van der Waals surface area contributed by atoms with E-state index < -0.39 is 0 Å². The quantitative estimate of drug-likeness (QED) is 0.727. The number of ether oxygens (including phenoxy) is 2. The molecule has 0 saturated carbocycles. The Morgan fingerprint density at radius 1 is 1.19 bits per heavy atom. The Balaban J connectivity index is 2.46. The van der Waals surface area contributed by atoms with Gasteiger partial charge in [-0.25, -0.2) is 0 Å². The topological polar surface area (TPSA) is 18.5 Å². The first kappa shape index (κ1) is 14.0. The van der Waals surface area contributed by atoms with E-state index >= 15 is 0 Å². The minimum atomic E-state index is 0.0206. The Kier molecular flexibility index (Phi) is 5.77. The van der Waals surface area contributed by atoms with E-state index in [1.54, 1.807) is 0 Å². The molecule has 2 nitrogen and oxygen atoms in total. The molecule has 0 amide bonds. The van der Waals surface area contributed by atoms with Gasteiger partial charge in [0.2, 0.25) is 0 Å². The van der Waals surface area contributed by atoms with Gasteiger partial charge in [0.15, 0.2) is 6.29 Å². The summed E-state index contributed by atoms with van der Waals surface area (Å²) in [7, 11) is 0. The second kappa shape index (κ2) is 6.61. The zero-order valence-electron chi connectivity index (χ0n) is 11.5. The third-order valence-electron chi connectivity index (χ3n) is 3.22. The van der Waals surface area contributed by atoms with Crippen LogP contribution in [0.5, 0.6) is 0 Å². The molecule has 0 aromatic rings. The zero-order valence-corrected chi connectivity index (χ0v) is 11.5. The third-order valence-corrected chi connectivity index (χ3v) is 3.22. The van der Waals surface area contributed by atoms with Crippen LogP contribution in [0.15, 0.2) is 0 Å². The molecule has 1 saturated heterocycles. The highest BCUT2D eigenvalue weighted by Gasteiger charge is 2.26. The molecule has 1 aliphatic heterocycles. The molecule has 3 atom stereocenters. The van der Waals surface area contributed by atoms with E-state index in [1.807, 2.05) is 0 Å². The maximum absolute atomic E-state index is 6.07. The standard InChI is InChI=1S/C14H28O2/c1-10(2)9-15-14-8-12(5)6-7-13(16-14)11(3)4/h10-14H,6-9H2,1-5H3/t12-,13-,14+/m1/s1. The molecular formula is C14H28O2. The predicted octanol–water partition coefficient (Wildman–Crippen LogP) is 3.85. The summed E-state index contributed by atoms with van der Waals surface area (Å²) < 4.78 is 11.9. The van der Waals surface area contributed by atoms with Gasteiger partial charge in [-0.05, 0) is 30.6 Å². The highest BCUT2D eigenvalue weighted by Crippen LogP contribution is 2.27. The third kappa shape index (κ3) is 4.84. The minimum Gasteiger partial charge on any atom is -0.352 e. The van der Waals surface area contributed by atoms with E-state index in [0.29, 0.717) is 17.9 Å². The fourth-order valence-corrected chi connectivity index (χ4v) is 2.11. The van der Waals surface area contributed by atoms with Crippen LogP contribution in [0, 0.1) is 17.8 Å². The second-order valence-electron chi connectivity index (χ2n) is 5.99. The summed E-state index contributed by atoms with van der Waals surface area (Å²) in [5.41, 5.74) is 0. The lowest BCUT2D eigenvalue weighted by Gasteiger charge is -2.25. The fraction of sp³-hybridized carbons (Fsp3) is 1.00. The largest absolute Gasteiger partial charge is 0.352 e. The van der Waals surface area contributed by atoms with Crippen LogP contribution in [0.3, 0.4) is 0 Å². The van der Waals surface area contributed by atoms with Crippen LogP contribution in [0.25, 0.3) is 0 Å². The molecule has 0 unspecified atom stereocenters. The molecule has 1 aliphatic rings. The summed E-state index contributed by atoms with van der Waals surface area (Å²) in [6.07, 6.45) is 3.90. The Morgan fingerprint density at radius 2 is 1.88 bits per heavy atom. The van der Waals surface area contributed by atoms with Crippen LogP contribution < -0.4 is 0 Å². The van der Waals surface area contributed by atoms with Crippen molar-refractivity contribution in [3.05, 3.63) is 0 Å². The van der Waals surface area contributed by atoms with Gasteiger partial charge in [-0.1, -0.05) is 34.6 Å². The fourth-order valence-electron chi connectivity index (χ4n) is 2.11. The van der Waals surface area contributed by atoms with Crippen molar-refractivity contribution >= 4 is 0 Å². The van der Waals surface area contributed by atoms with E-state index in [2.05, 4.69) is 34.6 Å². The molecule has 1 rings (SSSR count). The average molecular weight is 228 g/mol. The first-order chi connectivity index (χ1) is 7.49. The normalized spacial score (nSPS) is 32.1. The lowest BCUT2D eigenvalue weighted by molar-refractivity contribution is -0.183. The molecule has 0 N–H and O–H groups in total. The lowest BCUT2D eigenvalue weighted by Crippen LogP contribution is -2.27. The average Bonchev–Trinajstić information content (AvgIpc) is 2.37. The van der Waals surface area contributed by atoms with Gasteiger partial charge in [0.25, 0.3) is 0 Å². The molecule has 0 bridgehead atoms. The molecule has 0 spiro atoms. The SMILES string of the molecule is CC(C)CO[C@@H]1C[C@H](C)CC[C@H](C(C)C)O1. The van der Waals surface area contributed by atoms with E-state index in [1.165, 1.54) is 12.8 Å². The Hall–Kier alpha value is -0.0800. The van der Waals surface area contributed by atoms with Crippen LogP contribution in [0.2, 0.25) is 0 Å². The van der Waals surface area contributed by atoms with Crippen molar-refractivity contribution in [2.24, 2.45) is 17.8 Å². The highest BCUT2D eigenvalue weighted by molar-refractivity contribution is 4.71. The van der Waals surface area contributed by atoms with Gasteiger partial charge < -0.3 is 9.47 Å². The summed E-state index contributed by atoms with van der Waals surface area (Å²) in [4.78, 5) is 0.